The molecule has 1 fully saturated rings. The van der Waals surface area contributed by atoms with Gasteiger partial charge in [-0.25, -0.2) is 9.50 Å². The van der Waals surface area contributed by atoms with Gasteiger partial charge in [-0.05, 0) is 36.6 Å². The molecule has 1 aliphatic rings. The molecule has 2 aromatic carbocycles. The van der Waals surface area contributed by atoms with Crippen molar-refractivity contribution in [3.63, 3.8) is 0 Å². The second kappa shape index (κ2) is 9.12. The Labute approximate surface area is 195 Å². The minimum absolute atomic E-state index is 0.0305. The highest BCUT2D eigenvalue weighted by Crippen LogP contribution is 2.28. The maximum atomic E-state index is 12.7. The van der Waals surface area contributed by atoms with E-state index in [1.807, 2.05) is 53.2 Å². The summed E-state index contributed by atoms with van der Waals surface area (Å²) in [6, 6.07) is 20.3. The summed E-state index contributed by atoms with van der Waals surface area (Å²) in [6.45, 7) is 2.15. The van der Waals surface area contributed by atoms with Gasteiger partial charge in [0, 0.05) is 48.0 Å². The quantitative estimate of drug-likeness (QED) is 0.441. The van der Waals surface area contributed by atoms with Gasteiger partial charge in [0.2, 0.25) is 5.91 Å². The second-order valence-corrected chi connectivity index (χ2v) is 9.00. The van der Waals surface area contributed by atoms with Crippen LogP contribution in [-0.2, 0) is 11.3 Å². The molecule has 0 radical (unpaired) electrons. The number of nitrogens with one attached hydrogen (secondary N) is 1. The van der Waals surface area contributed by atoms with Crippen LogP contribution in [0.2, 0.25) is 0 Å². The Hall–Kier alpha value is -3.19. The zero-order valence-electron chi connectivity index (χ0n) is 17.6. The van der Waals surface area contributed by atoms with Gasteiger partial charge in [0.25, 0.3) is 0 Å². The maximum Gasteiger partial charge on any atom is 0.223 e. The first kappa shape index (κ1) is 20.7. The summed E-state index contributed by atoms with van der Waals surface area (Å²) in [4.78, 5) is 19.6. The third-order valence-electron chi connectivity index (χ3n) is 5.96. The van der Waals surface area contributed by atoms with E-state index in [2.05, 4.69) is 49.3 Å². The van der Waals surface area contributed by atoms with Crippen LogP contribution in [0.15, 0.2) is 77.5 Å². The van der Waals surface area contributed by atoms with E-state index in [9.17, 15) is 4.79 Å². The van der Waals surface area contributed by atoms with Crippen LogP contribution in [0.3, 0.4) is 0 Å². The van der Waals surface area contributed by atoms with Crippen LogP contribution in [0.4, 0.5) is 5.82 Å². The fourth-order valence-corrected chi connectivity index (χ4v) is 4.68. The SMILES string of the molecule is O=C(NCc1cccc(Br)c1)C1CCN(c2nccn3nc(-c4ccccc4)cc23)CC1. The maximum absolute atomic E-state index is 12.7. The lowest BCUT2D eigenvalue weighted by Crippen LogP contribution is -2.40. The van der Waals surface area contributed by atoms with Crippen molar-refractivity contribution in [3.8, 4) is 11.3 Å². The summed E-state index contributed by atoms with van der Waals surface area (Å²) in [5.74, 6) is 1.09. The van der Waals surface area contributed by atoms with E-state index < -0.39 is 0 Å². The molecule has 7 heteroatoms. The van der Waals surface area contributed by atoms with Gasteiger partial charge in [-0.15, -0.1) is 0 Å². The van der Waals surface area contributed by atoms with Crippen molar-refractivity contribution in [2.24, 2.45) is 5.92 Å². The number of carbonyl (C=O) groups is 1. The molecule has 2 aromatic heterocycles. The lowest BCUT2D eigenvalue weighted by molar-refractivity contribution is -0.125. The molecule has 1 N–H and O–H groups in total. The van der Waals surface area contributed by atoms with E-state index in [0.717, 1.165) is 58.6 Å². The van der Waals surface area contributed by atoms with Gasteiger partial charge in [-0.1, -0.05) is 58.4 Å². The summed E-state index contributed by atoms with van der Waals surface area (Å²) in [6.07, 6.45) is 5.30. The van der Waals surface area contributed by atoms with E-state index in [4.69, 9.17) is 5.10 Å². The second-order valence-electron chi connectivity index (χ2n) is 8.09. The molecule has 4 aromatic rings. The first-order chi connectivity index (χ1) is 15.7. The Bertz CT molecular complexity index is 1230. The smallest absolute Gasteiger partial charge is 0.223 e. The zero-order chi connectivity index (χ0) is 21.9. The standard InChI is InChI=1S/C25H24BrN5O/c26-21-8-4-5-18(15-21)17-28-25(32)20-9-12-30(13-10-20)24-23-16-22(19-6-2-1-3-7-19)29-31(23)14-11-27-24/h1-8,11,14-16,20H,9-10,12-13,17H2,(H,28,32). The highest BCUT2D eigenvalue weighted by molar-refractivity contribution is 9.10. The van der Waals surface area contributed by atoms with Gasteiger partial charge in [-0.3, -0.25) is 4.79 Å². The zero-order valence-corrected chi connectivity index (χ0v) is 19.2. The van der Waals surface area contributed by atoms with Crippen molar-refractivity contribution in [1.29, 1.82) is 0 Å². The van der Waals surface area contributed by atoms with Crippen molar-refractivity contribution in [3.05, 3.63) is 83.1 Å². The van der Waals surface area contributed by atoms with E-state index in [1.165, 1.54) is 0 Å². The van der Waals surface area contributed by atoms with E-state index in [-0.39, 0.29) is 11.8 Å². The number of hydrogen-bond acceptors (Lipinski definition) is 4. The molecule has 0 atom stereocenters. The molecule has 1 aliphatic heterocycles. The number of aromatic nitrogens is 3. The molecule has 0 saturated carbocycles. The Balaban J connectivity index is 1.25. The van der Waals surface area contributed by atoms with Crippen LogP contribution in [0.5, 0.6) is 0 Å². The molecule has 162 valence electrons. The minimum Gasteiger partial charge on any atom is -0.355 e. The monoisotopic (exact) mass is 489 g/mol. The molecule has 0 spiro atoms. The number of nitrogens with zero attached hydrogens (tertiary/aromatic N) is 4. The minimum atomic E-state index is 0.0305. The van der Waals surface area contributed by atoms with Gasteiger partial charge in [0.05, 0.1) is 5.69 Å². The highest BCUT2D eigenvalue weighted by Gasteiger charge is 2.26. The summed E-state index contributed by atoms with van der Waals surface area (Å²) in [5.41, 5.74) is 4.10. The number of halogens is 1. The van der Waals surface area contributed by atoms with Crippen LogP contribution in [0.25, 0.3) is 16.8 Å². The van der Waals surface area contributed by atoms with Gasteiger partial charge in [-0.2, -0.15) is 5.10 Å². The molecule has 32 heavy (non-hydrogen) atoms. The van der Waals surface area contributed by atoms with Gasteiger partial charge in [0.15, 0.2) is 5.82 Å². The molecular weight excluding hydrogens is 466 g/mol. The number of anilines is 1. The van der Waals surface area contributed by atoms with Gasteiger partial charge >= 0.3 is 0 Å². The summed E-state index contributed by atoms with van der Waals surface area (Å²) < 4.78 is 2.91. The van der Waals surface area contributed by atoms with E-state index >= 15 is 0 Å². The van der Waals surface area contributed by atoms with Crippen LogP contribution in [0, 0.1) is 5.92 Å². The Kier molecular flexibility index (Phi) is 5.90. The molecule has 1 amide bonds. The number of fused-ring (bicyclic) bond motifs is 1. The molecule has 5 rings (SSSR count). The van der Waals surface area contributed by atoms with Crippen molar-refractivity contribution in [1.82, 2.24) is 19.9 Å². The topological polar surface area (TPSA) is 62.5 Å². The van der Waals surface area contributed by atoms with Crippen molar-refractivity contribution < 1.29 is 4.79 Å². The molecular formula is C25H24BrN5O. The average Bonchev–Trinajstić information content (AvgIpc) is 3.28. The van der Waals surface area contributed by atoms with Gasteiger partial charge < -0.3 is 10.2 Å². The molecule has 6 nitrogen and oxygen atoms in total. The first-order valence-corrected chi connectivity index (χ1v) is 11.6. The first-order valence-electron chi connectivity index (χ1n) is 10.8. The van der Waals surface area contributed by atoms with Crippen LogP contribution in [0.1, 0.15) is 18.4 Å². The average molecular weight is 490 g/mol. The predicted molar refractivity (Wildman–Crippen MR) is 129 cm³/mol. The lowest BCUT2D eigenvalue weighted by Gasteiger charge is -2.32. The Morgan fingerprint density at radius 3 is 2.66 bits per heavy atom. The summed E-state index contributed by atoms with van der Waals surface area (Å²) in [5, 5.41) is 7.82. The molecule has 0 aliphatic carbocycles. The summed E-state index contributed by atoms with van der Waals surface area (Å²) in [7, 11) is 0. The Morgan fingerprint density at radius 2 is 1.88 bits per heavy atom. The van der Waals surface area contributed by atoms with E-state index in [1.54, 1.807) is 6.20 Å². The fraction of sp³-hybridized carbons (Fsp3) is 0.240. The molecule has 0 bridgehead atoms. The number of benzene rings is 2. The van der Waals surface area contributed by atoms with Crippen LogP contribution in [-0.4, -0.2) is 33.6 Å². The molecule has 3 heterocycles. The largest absolute Gasteiger partial charge is 0.355 e. The number of amides is 1. The highest BCUT2D eigenvalue weighted by atomic mass is 79.9. The third kappa shape index (κ3) is 4.39. The van der Waals surface area contributed by atoms with Gasteiger partial charge in [0.1, 0.15) is 5.52 Å². The Morgan fingerprint density at radius 1 is 1.06 bits per heavy atom. The fourth-order valence-electron chi connectivity index (χ4n) is 4.24. The molecule has 1 saturated heterocycles. The lowest BCUT2D eigenvalue weighted by atomic mass is 9.95. The number of rotatable bonds is 5. The predicted octanol–water partition coefficient (Wildman–Crippen LogP) is 4.69. The number of piperidine rings is 1. The van der Waals surface area contributed by atoms with Crippen molar-refractivity contribution in [2.45, 2.75) is 19.4 Å². The van der Waals surface area contributed by atoms with Crippen molar-refractivity contribution in [2.75, 3.05) is 18.0 Å². The normalized spacial score (nSPS) is 14.6. The summed E-state index contributed by atoms with van der Waals surface area (Å²) >= 11 is 3.48. The van der Waals surface area contributed by atoms with Crippen molar-refractivity contribution >= 4 is 33.2 Å². The van der Waals surface area contributed by atoms with Crippen LogP contribution < -0.4 is 10.2 Å². The number of hydrogen-bond donors (Lipinski definition) is 1. The number of carbonyl (C=O) groups excluding carboxylic acids is 1. The third-order valence-corrected chi connectivity index (χ3v) is 6.45. The molecule has 0 unspecified atom stereocenters. The van der Waals surface area contributed by atoms with Crippen LogP contribution >= 0.6 is 15.9 Å². The van der Waals surface area contributed by atoms with E-state index in [0.29, 0.717) is 6.54 Å².